The van der Waals surface area contributed by atoms with Gasteiger partial charge < -0.3 is 10.8 Å². The minimum Gasteiger partial charge on any atom is -0.380 e. The second-order valence-corrected chi connectivity index (χ2v) is 4.37. The number of hydrogen-bond acceptors (Lipinski definition) is 2. The lowest BCUT2D eigenvalue weighted by Gasteiger charge is -2.35. The van der Waals surface area contributed by atoms with Crippen molar-refractivity contribution in [3.05, 3.63) is 0 Å². The van der Waals surface area contributed by atoms with Crippen molar-refractivity contribution in [3.8, 4) is 0 Å². The number of amides is 1. The Morgan fingerprint density at radius 1 is 1.43 bits per heavy atom. The van der Waals surface area contributed by atoms with Gasteiger partial charge in [0.15, 0.2) is 0 Å². The first-order chi connectivity index (χ1) is 6.61. The Labute approximate surface area is 85.7 Å². The van der Waals surface area contributed by atoms with Crippen LogP contribution in [0, 0.1) is 5.92 Å². The average molecular weight is 199 g/mol. The fourth-order valence-corrected chi connectivity index (χ4v) is 2.49. The quantitative estimate of drug-likeness (QED) is 0.722. The van der Waals surface area contributed by atoms with Gasteiger partial charge in [0.2, 0.25) is 5.91 Å². The molecule has 1 unspecified atom stereocenters. The van der Waals surface area contributed by atoms with Crippen LogP contribution in [0.4, 0.5) is 0 Å². The lowest BCUT2D eigenvalue weighted by atomic mass is 9.74. The summed E-state index contributed by atoms with van der Waals surface area (Å²) in [5, 5.41) is 10.2. The molecule has 1 aliphatic carbocycles. The van der Waals surface area contributed by atoms with Crippen molar-refractivity contribution in [1.29, 1.82) is 0 Å². The van der Waals surface area contributed by atoms with Crippen LogP contribution in [-0.2, 0) is 4.79 Å². The van der Waals surface area contributed by atoms with Crippen molar-refractivity contribution in [2.75, 3.05) is 0 Å². The third-order valence-corrected chi connectivity index (χ3v) is 3.34. The van der Waals surface area contributed by atoms with Crippen LogP contribution < -0.4 is 5.73 Å². The molecular formula is C11H21NO2. The van der Waals surface area contributed by atoms with Gasteiger partial charge in [-0.05, 0) is 25.2 Å². The van der Waals surface area contributed by atoms with Crippen molar-refractivity contribution in [2.24, 2.45) is 11.7 Å². The Bertz CT molecular complexity index is 199. The predicted molar refractivity (Wildman–Crippen MR) is 55.6 cm³/mol. The largest absolute Gasteiger partial charge is 0.380 e. The summed E-state index contributed by atoms with van der Waals surface area (Å²) in [7, 11) is 0. The zero-order chi connectivity index (χ0) is 10.6. The molecule has 0 radical (unpaired) electrons. The standard InChI is InChI=1S/C11H21NO2/c1-2-8-11(14,10(12)13)9-6-4-3-5-7-9/h9,14H,2-8H2,1H3,(H2,12,13). The second-order valence-electron chi connectivity index (χ2n) is 4.37. The number of rotatable bonds is 4. The molecule has 0 saturated heterocycles. The fourth-order valence-electron chi connectivity index (χ4n) is 2.49. The molecule has 3 heteroatoms. The van der Waals surface area contributed by atoms with E-state index in [2.05, 4.69) is 0 Å². The van der Waals surface area contributed by atoms with Gasteiger partial charge in [0.1, 0.15) is 5.60 Å². The maximum atomic E-state index is 11.3. The summed E-state index contributed by atoms with van der Waals surface area (Å²) in [6.07, 6.45) is 6.65. The number of carbonyl (C=O) groups excluding carboxylic acids is 1. The van der Waals surface area contributed by atoms with E-state index in [4.69, 9.17) is 5.73 Å². The van der Waals surface area contributed by atoms with Gasteiger partial charge in [0.25, 0.3) is 0 Å². The maximum absolute atomic E-state index is 11.3. The normalized spacial score (nSPS) is 23.0. The van der Waals surface area contributed by atoms with E-state index >= 15 is 0 Å². The van der Waals surface area contributed by atoms with Crippen LogP contribution in [0.2, 0.25) is 0 Å². The van der Waals surface area contributed by atoms with Crippen LogP contribution in [0.15, 0.2) is 0 Å². The first kappa shape index (κ1) is 11.5. The monoisotopic (exact) mass is 199 g/mol. The van der Waals surface area contributed by atoms with Crippen molar-refractivity contribution < 1.29 is 9.90 Å². The van der Waals surface area contributed by atoms with Gasteiger partial charge >= 0.3 is 0 Å². The third kappa shape index (κ3) is 2.27. The average Bonchev–Trinajstić information content (AvgIpc) is 2.19. The van der Waals surface area contributed by atoms with E-state index in [1.807, 2.05) is 6.92 Å². The molecule has 0 heterocycles. The summed E-state index contributed by atoms with van der Waals surface area (Å²) < 4.78 is 0. The number of carbonyl (C=O) groups is 1. The molecule has 1 aliphatic rings. The summed E-state index contributed by atoms with van der Waals surface area (Å²) in [5.74, 6) is -0.444. The number of aliphatic hydroxyl groups is 1. The molecule has 1 atom stereocenters. The van der Waals surface area contributed by atoms with E-state index in [0.29, 0.717) is 6.42 Å². The summed E-state index contributed by atoms with van der Waals surface area (Å²) in [6, 6.07) is 0. The second kappa shape index (κ2) is 4.78. The molecule has 0 aromatic rings. The molecule has 0 bridgehead atoms. The number of hydrogen-bond donors (Lipinski definition) is 2. The van der Waals surface area contributed by atoms with Crippen molar-refractivity contribution >= 4 is 5.91 Å². The molecule has 82 valence electrons. The van der Waals surface area contributed by atoms with E-state index in [1.165, 1.54) is 6.42 Å². The van der Waals surface area contributed by atoms with Crippen molar-refractivity contribution in [3.63, 3.8) is 0 Å². The fraction of sp³-hybridized carbons (Fsp3) is 0.909. The molecule has 0 aromatic carbocycles. The Balaban J connectivity index is 2.69. The van der Waals surface area contributed by atoms with Crippen LogP contribution in [0.1, 0.15) is 51.9 Å². The van der Waals surface area contributed by atoms with E-state index in [1.54, 1.807) is 0 Å². The van der Waals surface area contributed by atoms with E-state index in [0.717, 1.165) is 32.1 Å². The summed E-state index contributed by atoms with van der Waals surface area (Å²) >= 11 is 0. The zero-order valence-electron chi connectivity index (χ0n) is 8.96. The van der Waals surface area contributed by atoms with Gasteiger partial charge in [0.05, 0.1) is 0 Å². The predicted octanol–water partition coefficient (Wildman–Crippen LogP) is 1.58. The smallest absolute Gasteiger partial charge is 0.249 e. The van der Waals surface area contributed by atoms with E-state index in [9.17, 15) is 9.90 Å². The van der Waals surface area contributed by atoms with E-state index < -0.39 is 11.5 Å². The van der Waals surface area contributed by atoms with Gasteiger partial charge in [-0.1, -0.05) is 32.6 Å². The van der Waals surface area contributed by atoms with Gasteiger partial charge in [-0.15, -0.1) is 0 Å². The van der Waals surface area contributed by atoms with Gasteiger partial charge in [-0.25, -0.2) is 0 Å². The van der Waals surface area contributed by atoms with Crippen molar-refractivity contribution in [1.82, 2.24) is 0 Å². The molecule has 1 amide bonds. The van der Waals surface area contributed by atoms with Crippen LogP contribution in [-0.4, -0.2) is 16.6 Å². The Hall–Kier alpha value is -0.570. The molecule has 0 aromatic heterocycles. The van der Waals surface area contributed by atoms with Crippen LogP contribution >= 0.6 is 0 Å². The Morgan fingerprint density at radius 3 is 2.43 bits per heavy atom. The van der Waals surface area contributed by atoms with E-state index in [-0.39, 0.29) is 5.92 Å². The third-order valence-electron chi connectivity index (χ3n) is 3.34. The van der Waals surface area contributed by atoms with Crippen LogP contribution in [0.3, 0.4) is 0 Å². The highest BCUT2D eigenvalue weighted by atomic mass is 16.3. The number of nitrogens with two attached hydrogens (primary N) is 1. The highest BCUT2D eigenvalue weighted by Gasteiger charge is 2.41. The minimum absolute atomic E-state index is 0.0914. The topological polar surface area (TPSA) is 63.3 Å². The molecule has 1 rings (SSSR count). The lowest BCUT2D eigenvalue weighted by Crippen LogP contribution is -2.50. The molecule has 0 spiro atoms. The summed E-state index contributed by atoms with van der Waals surface area (Å²) in [6.45, 7) is 1.97. The highest BCUT2D eigenvalue weighted by molar-refractivity contribution is 5.83. The summed E-state index contributed by atoms with van der Waals surface area (Å²) in [4.78, 5) is 11.3. The molecule has 3 N–H and O–H groups in total. The van der Waals surface area contributed by atoms with Crippen molar-refractivity contribution in [2.45, 2.75) is 57.5 Å². The maximum Gasteiger partial charge on any atom is 0.249 e. The molecule has 3 nitrogen and oxygen atoms in total. The highest BCUT2D eigenvalue weighted by Crippen LogP contribution is 2.35. The molecular weight excluding hydrogens is 178 g/mol. The first-order valence-corrected chi connectivity index (χ1v) is 5.63. The molecule has 0 aliphatic heterocycles. The zero-order valence-corrected chi connectivity index (χ0v) is 8.96. The van der Waals surface area contributed by atoms with Crippen LogP contribution in [0.25, 0.3) is 0 Å². The van der Waals surface area contributed by atoms with Gasteiger partial charge in [-0.2, -0.15) is 0 Å². The Morgan fingerprint density at radius 2 is 2.00 bits per heavy atom. The SMILES string of the molecule is CCCC(O)(C(N)=O)C1CCCCC1. The first-order valence-electron chi connectivity index (χ1n) is 5.63. The molecule has 1 saturated carbocycles. The molecule has 14 heavy (non-hydrogen) atoms. The van der Waals surface area contributed by atoms with Crippen LogP contribution in [0.5, 0.6) is 0 Å². The summed E-state index contributed by atoms with van der Waals surface area (Å²) in [5.41, 5.74) is 4.06. The molecule has 1 fully saturated rings. The number of primary amides is 1. The lowest BCUT2D eigenvalue weighted by molar-refractivity contribution is -0.145. The van der Waals surface area contributed by atoms with Gasteiger partial charge in [0, 0.05) is 0 Å². The Kier molecular flexibility index (Phi) is 3.93. The van der Waals surface area contributed by atoms with Gasteiger partial charge in [-0.3, -0.25) is 4.79 Å². The minimum atomic E-state index is -1.24.